The first-order valence-corrected chi connectivity index (χ1v) is 16.7. The van der Waals surface area contributed by atoms with Gasteiger partial charge in [0.1, 0.15) is 20.8 Å². The maximum absolute atomic E-state index is 10.4. The Morgan fingerprint density at radius 1 is 0.750 bits per heavy atom. The molecule has 0 spiro atoms. The van der Waals surface area contributed by atoms with Crippen LogP contribution in [0.4, 0.5) is 34.4 Å². The van der Waals surface area contributed by atoms with Crippen LogP contribution in [0.2, 0.25) is 0 Å². The number of nitrogens with one attached hydrogen (secondary N) is 2. The van der Waals surface area contributed by atoms with Crippen LogP contribution in [-0.4, -0.2) is 69.7 Å². The fourth-order valence-electron chi connectivity index (χ4n) is 4.82. The molecule has 0 radical (unpaired) electrons. The summed E-state index contributed by atoms with van der Waals surface area (Å²) in [5.74, 6) is 1.46. The Hall–Kier alpha value is -2.50. The Balaban J connectivity index is 1.37. The fourth-order valence-corrected chi connectivity index (χ4v) is 9.31. The normalized spacial score (nSPS) is 14.2. The average molecular weight is 623 g/mol. The number of aliphatic hydroxyl groups is 2. The highest BCUT2D eigenvalue weighted by Crippen LogP contribution is 2.58. The van der Waals surface area contributed by atoms with Crippen LogP contribution in [0.1, 0.15) is 39.5 Å². The highest BCUT2D eigenvalue weighted by atomic mass is 33.1. The van der Waals surface area contributed by atoms with Gasteiger partial charge < -0.3 is 30.3 Å². The Morgan fingerprint density at radius 3 is 1.52 bits per heavy atom. The maximum Gasteiger partial charge on any atom is 0.275 e. The molecule has 12 nitrogen and oxygen atoms in total. The Bertz CT molecular complexity index is 1430. The SMILES string of the molecule is CCC[C@H](CO)N(SSN(c1c2nc3nc(OC)sc3c1[nH]2)[C@@H](CO)CCC)c1c2nc3nc(OC)sc3c1[nH]2. The summed E-state index contributed by atoms with van der Waals surface area (Å²) in [6.45, 7) is 4.22. The summed E-state index contributed by atoms with van der Waals surface area (Å²) in [7, 11) is 6.27. The zero-order chi connectivity index (χ0) is 28.0. The number of hydrogen-bond donors (Lipinski definition) is 4. The van der Waals surface area contributed by atoms with Gasteiger partial charge in [0.15, 0.2) is 22.9 Å². The molecule has 4 N–H and O–H groups in total. The Labute approximate surface area is 247 Å². The minimum Gasteiger partial charge on any atom is -0.473 e. The summed E-state index contributed by atoms with van der Waals surface area (Å²) in [5, 5.41) is 28.7. The molecule has 0 unspecified atom stereocenters. The predicted molar refractivity (Wildman–Crippen MR) is 166 cm³/mol. The van der Waals surface area contributed by atoms with Gasteiger partial charge in [0.05, 0.1) is 50.9 Å². The molecule has 4 aromatic heterocycles. The number of aliphatic hydroxyl groups excluding tert-OH is 2. The Morgan fingerprint density at radius 2 is 1.18 bits per heavy atom. The molecule has 2 aliphatic heterocycles. The number of nitrogens with zero attached hydrogens (tertiary/aromatic N) is 6. The summed E-state index contributed by atoms with van der Waals surface area (Å²) in [6, 6.07) is -0.272. The van der Waals surface area contributed by atoms with Crippen molar-refractivity contribution in [2.45, 2.75) is 51.6 Å². The second kappa shape index (κ2) is 11.4. The fraction of sp³-hybridized carbons (Fsp3) is 0.500. The van der Waals surface area contributed by atoms with Crippen molar-refractivity contribution >= 4 is 99.7 Å². The smallest absolute Gasteiger partial charge is 0.275 e. The molecule has 0 amide bonds. The van der Waals surface area contributed by atoms with E-state index in [0.717, 1.165) is 69.5 Å². The molecular weight excluding hydrogens is 593 g/mol. The van der Waals surface area contributed by atoms with Gasteiger partial charge >= 0.3 is 0 Å². The predicted octanol–water partition coefficient (Wildman–Crippen LogP) is 5.67. The van der Waals surface area contributed by atoms with E-state index in [9.17, 15) is 10.2 Å². The third-order valence-corrected chi connectivity index (χ3v) is 11.4. The van der Waals surface area contributed by atoms with Crippen LogP contribution in [0.3, 0.4) is 0 Å². The van der Waals surface area contributed by atoms with Crippen molar-refractivity contribution in [2.75, 3.05) is 46.7 Å². The minimum atomic E-state index is -0.136. The molecule has 16 heteroatoms. The molecule has 6 rings (SSSR count). The molecule has 0 aliphatic carbocycles. The summed E-state index contributed by atoms with van der Waals surface area (Å²) >= 11 is 2.89. The molecule has 0 aromatic carbocycles. The van der Waals surface area contributed by atoms with Gasteiger partial charge in [0.2, 0.25) is 0 Å². The molecule has 214 valence electrons. The van der Waals surface area contributed by atoms with E-state index in [2.05, 4.69) is 43.1 Å². The highest BCUT2D eigenvalue weighted by molar-refractivity contribution is 8.77. The lowest BCUT2D eigenvalue weighted by Gasteiger charge is -2.41. The molecule has 40 heavy (non-hydrogen) atoms. The zero-order valence-electron chi connectivity index (χ0n) is 22.4. The molecule has 2 atom stereocenters. The first kappa shape index (κ1) is 27.7. The summed E-state index contributed by atoms with van der Waals surface area (Å²) < 4.78 is 16.9. The van der Waals surface area contributed by atoms with Gasteiger partial charge in [-0.1, -0.05) is 49.4 Å². The van der Waals surface area contributed by atoms with E-state index in [1.165, 1.54) is 44.6 Å². The lowest BCUT2D eigenvalue weighted by Crippen LogP contribution is -2.38. The quantitative estimate of drug-likeness (QED) is 0.0825. The van der Waals surface area contributed by atoms with E-state index < -0.39 is 0 Å². The number of methoxy groups -OCH3 is 2. The Kier molecular flexibility index (Phi) is 7.89. The van der Waals surface area contributed by atoms with E-state index in [1.807, 2.05) is 0 Å². The van der Waals surface area contributed by atoms with Crippen molar-refractivity contribution in [3.63, 3.8) is 0 Å². The van der Waals surface area contributed by atoms with Crippen LogP contribution in [0.5, 0.6) is 10.4 Å². The minimum absolute atomic E-state index is 0.00501. The van der Waals surface area contributed by atoms with Gasteiger partial charge in [-0.3, -0.25) is 8.61 Å². The van der Waals surface area contributed by atoms with Crippen molar-refractivity contribution in [3.8, 4) is 10.4 Å². The monoisotopic (exact) mass is 622 g/mol. The van der Waals surface area contributed by atoms with Crippen molar-refractivity contribution < 1.29 is 19.7 Å². The zero-order valence-corrected chi connectivity index (χ0v) is 25.7. The third-order valence-electron chi connectivity index (χ3n) is 6.79. The second-order valence-corrected chi connectivity index (χ2v) is 13.2. The number of pyridine rings is 2. The lowest BCUT2D eigenvalue weighted by molar-refractivity contribution is 0.261. The maximum atomic E-state index is 10.4. The number of ether oxygens (including phenoxy) is 2. The molecule has 6 heterocycles. The number of rotatable bonds is 15. The highest BCUT2D eigenvalue weighted by Gasteiger charge is 2.38. The molecule has 0 saturated carbocycles. The van der Waals surface area contributed by atoms with Crippen molar-refractivity contribution in [1.82, 2.24) is 19.9 Å². The first-order chi connectivity index (χ1) is 19.5. The molecule has 0 saturated heterocycles. The van der Waals surface area contributed by atoms with Gasteiger partial charge in [-0.15, -0.1) is 0 Å². The van der Waals surface area contributed by atoms with Crippen LogP contribution in [0.15, 0.2) is 0 Å². The largest absolute Gasteiger partial charge is 0.473 e. The van der Waals surface area contributed by atoms with Gasteiger partial charge in [-0.2, -0.15) is 9.97 Å². The lowest BCUT2D eigenvalue weighted by atomic mass is 10.1. The number of thiazole rings is 2. The van der Waals surface area contributed by atoms with E-state index in [-0.39, 0.29) is 25.3 Å². The molecular formula is C24H30N8O4S4. The van der Waals surface area contributed by atoms with Crippen LogP contribution >= 0.6 is 44.6 Å². The number of anilines is 6. The summed E-state index contributed by atoms with van der Waals surface area (Å²) in [5.41, 5.74) is 5.07. The van der Waals surface area contributed by atoms with E-state index in [0.29, 0.717) is 21.7 Å². The van der Waals surface area contributed by atoms with Crippen molar-refractivity contribution in [1.29, 1.82) is 0 Å². The van der Waals surface area contributed by atoms with Gasteiger partial charge in [0.25, 0.3) is 10.4 Å². The van der Waals surface area contributed by atoms with Crippen LogP contribution in [0.25, 0.3) is 20.7 Å². The van der Waals surface area contributed by atoms with Crippen molar-refractivity contribution in [2.24, 2.45) is 0 Å². The van der Waals surface area contributed by atoms with E-state index in [1.54, 1.807) is 14.2 Å². The molecule has 4 bridgehead atoms. The number of aromatic nitrogens is 4. The van der Waals surface area contributed by atoms with Crippen LogP contribution in [-0.2, 0) is 0 Å². The molecule has 2 aliphatic rings. The average Bonchev–Trinajstić information content (AvgIpc) is 3.59. The number of hydrogen-bond acceptors (Lipinski definition) is 16. The standard InChI is InChI=1S/C24H30N8O4S4/c1-5-7-11(9-33)31(15-13-17-21(27-19(15)25-13)29-23(35-3)37-17)39-40-32(12(10-34)8-6-2)16-14-18-22(28-20(16)26-14)30-24(36-4)38-18/h11-12,33-34H,5-10H2,1-4H3,(H,25,27)(H,26,28)/t11-,12-/m1/s1. The number of fused-ring (bicyclic) bond motifs is 8. The van der Waals surface area contributed by atoms with Crippen LogP contribution in [0, 0.1) is 0 Å². The third kappa shape index (κ3) is 4.54. The van der Waals surface area contributed by atoms with Crippen molar-refractivity contribution in [3.05, 3.63) is 0 Å². The van der Waals surface area contributed by atoms with E-state index >= 15 is 0 Å². The molecule has 0 fully saturated rings. The first-order valence-electron chi connectivity index (χ1n) is 13.0. The summed E-state index contributed by atoms with van der Waals surface area (Å²) in [4.78, 5) is 18.4. The topological polar surface area (TPSA) is 141 Å². The van der Waals surface area contributed by atoms with E-state index in [4.69, 9.17) is 19.4 Å². The summed E-state index contributed by atoms with van der Waals surface area (Å²) in [6.07, 6.45) is 3.44. The van der Waals surface area contributed by atoms with Crippen LogP contribution < -0.4 is 28.7 Å². The second-order valence-electron chi connectivity index (χ2n) is 9.34. The van der Waals surface area contributed by atoms with Gasteiger partial charge in [-0.25, -0.2) is 9.97 Å². The molecule has 4 aromatic rings. The van der Waals surface area contributed by atoms with Gasteiger partial charge in [-0.05, 0) is 12.8 Å². The van der Waals surface area contributed by atoms with Gasteiger partial charge in [0, 0.05) is 22.0 Å².